The first-order valence-electron chi connectivity index (χ1n) is 7.63. The van der Waals surface area contributed by atoms with Crippen LogP contribution in [0.3, 0.4) is 0 Å². The molecule has 10 heteroatoms. The predicted molar refractivity (Wildman–Crippen MR) is 77.8 cm³/mol. The highest BCUT2D eigenvalue weighted by Gasteiger charge is 2.49. The van der Waals surface area contributed by atoms with Gasteiger partial charge >= 0.3 is 0 Å². The van der Waals surface area contributed by atoms with Gasteiger partial charge in [-0.2, -0.15) is 0 Å². The van der Waals surface area contributed by atoms with Crippen molar-refractivity contribution in [3.8, 4) is 0 Å². The molecule has 11 atom stereocenters. The monoisotopic (exact) mass is 337 g/mol. The number of hydrogen-bond acceptors (Lipinski definition) is 10. The van der Waals surface area contributed by atoms with Crippen LogP contribution in [0.25, 0.3) is 0 Å². The van der Waals surface area contributed by atoms with E-state index in [-0.39, 0.29) is 6.42 Å². The molecule has 0 aromatic rings. The van der Waals surface area contributed by atoms with Crippen LogP contribution < -0.4 is 17.2 Å². The second-order valence-corrected chi connectivity index (χ2v) is 6.41. The minimum absolute atomic E-state index is 0.218. The van der Waals surface area contributed by atoms with Crippen molar-refractivity contribution in [3.05, 3.63) is 0 Å². The number of rotatable bonds is 3. The summed E-state index contributed by atoms with van der Waals surface area (Å²) < 4.78 is 11.0. The molecule has 0 spiro atoms. The van der Waals surface area contributed by atoms with Crippen LogP contribution in [0.5, 0.6) is 0 Å². The summed E-state index contributed by atoms with van der Waals surface area (Å²) in [7, 11) is 0. The maximum atomic E-state index is 10.1. The number of ether oxygens (including phenoxy) is 2. The molecule has 0 amide bonds. The Hall–Kier alpha value is -0.400. The minimum atomic E-state index is -1.39. The molecule has 11 N–H and O–H groups in total. The first kappa shape index (κ1) is 18.9. The van der Waals surface area contributed by atoms with E-state index in [1.165, 1.54) is 6.92 Å². The summed E-state index contributed by atoms with van der Waals surface area (Å²) >= 11 is 0. The van der Waals surface area contributed by atoms with Crippen LogP contribution in [0.4, 0.5) is 0 Å². The Morgan fingerprint density at radius 1 is 0.957 bits per heavy atom. The van der Waals surface area contributed by atoms with Gasteiger partial charge in [0.05, 0.1) is 18.2 Å². The first-order chi connectivity index (χ1) is 10.6. The number of aliphatic hydroxyl groups excluding tert-OH is 5. The molecule has 1 heterocycles. The molecule has 1 saturated carbocycles. The van der Waals surface area contributed by atoms with Gasteiger partial charge in [-0.25, -0.2) is 0 Å². The average molecular weight is 337 g/mol. The molecule has 0 aromatic carbocycles. The van der Waals surface area contributed by atoms with Crippen molar-refractivity contribution in [2.75, 3.05) is 0 Å². The van der Waals surface area contributed by atoms with Gasteiger partial charge in [0.1, 0.15) is 30.5 Å². The Balaban J connectivity index is 2.11. The fourth-order valence-electron chi connectivity index (χ4n) is 3.06. The number of hydrogen-bond donors (Lipinski definition) is 8. The Morgan fingerprint density at radius 2 is 1.57 bits per heavy atom. The number of nitrogens with two attached hydrogens (primary N) is 3. The van der Waals surface area contributed by atoms with Gasteiger partial charge in [0.25, 0.3) is 0 Å². The molecule has 5 unspecified atom stereocenters. The third-order valence-electron chi connectivity index (χ3n) is 4.54. The lowest BCUT2D eigenvalue weighted by Crippen LogP contribution is -2.67. The van der Waals surface area contributed by atoms with Crippen LogP contribution in [-0.2, 0) is 9.47 Å². The molecule has 2 fully saturated rings. The summed E-state index contributed by atoms with van der Waals surface area (Å²) in [6.07, 6.45) is -9.55. The lowest BCUT2D eigenvalue weighted by atomic mass is 9.84. The van der Waals surface area contributed by atoms with Crippen molar-refractivity contribution < 1.29 is 35.0 Å². The topological polar surface area (TPSA) is 198 Å². The highest BCUT2D eigenvalue weighted by molar-refractivity contribution is 4.99. The smallest absolute Gasteiger partial charge is 0.176 e. The van der Waals surface area contributed by atoms with Crippen molar-refractivity contribution in [1.82, 2.24) is 0 Å². The maximum Gasteiger partial charge on any atom is 0.176 e. The van der Waals surface area contributed by atoms with Crippen molar-refractivity contribution in [2.45, 2.75) is 80.5 Å². The minimum Gasteiger partial charge on any atom is -0.391 e. The second kappa shape index (κ2) is 7.23. The zero-order chi connectivity index (χ0) is 17.5. The van der Waals surface area contributed by atoms with Crippen molar-refractivity contribution in [2.24, 2.45) is 17.2 Å². The zero-order valence-electron chi connectivity index (χ0n) is 12.8. The average Bonchev–Trinajstić information content (AvgIpc) is 2.48. The van der Waals surface area contributed by atoms with Crippen molar-refractivity contribution >= 4 is 0 Å². The predicted octanol–water partition coefficient (Wildman–Crippen LogP) is -4.69. The van der Waals surface area contributed by atoms with E-state index in [1.807, 2.05) is 0 Å². The third-order valence-corrected chi connectivity index (χ3v) is 4.54. The van der Waals surface area contributed by atoms with Gasteiger partial charge in [-0.15, -0.1) is 0 Å². The van der Waals surface area contributed by atoms with Gasteiger partial charge in [-0.1, -0.05) is 0 Å². The largest absolute Gasteiger partial charge is 0.391 e. The summed E-state index contributed by atoms with van der Waals surface area (Å²) in [6, 6.07) is -2.47. The molecule has 2 rings (SSSR count). The second-order valence-electron chi connectivity index (χ2n) is 6.41. The summed E-state index contributed by atoms with van der Waals surface area (Å²) in [6.45, 7) is 1.39. The fraction of sp³-hybridized carbons (Fsp3) is 1.00. The molecular formula is C13H27N3O7. The molecule has 136 valence electrons. The summed E-state index contributed by atoms with van der Waals surface area (Å²) in [5, 5.41) is 49.4. The van der Waals surface area contributed by atoms with E-state index >= 15 is 0 Å². The molecule has 10 nitrogen and oxygen atoms in total. The van der Waals surface area contributed by atoms with Crippen LogP contribution in [-0.4, -0.2) is 92.7 Å². The molecule has 1 aliphatic heterocycles. The van der Waals surface area contributed by atoms with Crippen LogP contribution in [0.15, 0.2) is 0 Å². The Kier molecular flexibility index (Phi) is 5.95. The van der Waals surface area contributed by atoms with Crippen LogP contribution in [0, 0.1) is 0 Å². The SMILES string of the molecule is CC(O)C1O[C@H](O[C@@H]2C(N)C[C@@H](N)C(O)[C@H]2O)C(N)[C@@H](O)[C@@H]1O. The van der Waals surface area contributed by atoms with Crippen LogP contribution >= 0.6 is 0 Å². The quantitative estimate of drug-likeness (QED) is 0.247. The van der Waals surface area contributed by atoms with Gasteiger partial charge < -0.3 is 52.2 Å². The summed E-state index contributed by atoms with van der Waals surface area (Å²) in [5.41, 5.74) is 17.4. The van der Waals surface area contributed by atoms with Crippen LogP contribution in [0.2, 0.25) is 0 Å². The highest BCUT2D eigenvalue weighted by atomic mass is 16.7. The maximum absolute atomic E-state index is 10.1. The van der Waals surface area contributed by atoms with Gasteiger partial charge in [-0.05, 0) is 13.3 Å². The fourth-order valence-corrected chi connectivity index (χ4v) is 3.06. The molecule has 2 aliphatic rings. The molecular weight excluding hydrogens is 310 g/mol. The van der Waals surface area contributed by atoms with E-state index < -0.39 is 67.1 Å². The normalized spacial score (nSPS) is 53.1. The molecule has 0 radical (unpaired) electrons. The molecule has 1 aliphatic carbocycles. The van der Waals surface area contributed by atoms with Gasteiger partial charge in [0, 0.05) is 12.1 Å². The van der Waals surface area contributed by atoms with E-state index in [0.29, 0.717) is 0 Å². The molecule has 23 heavy (non-hydrogen) atoms. The summed E-state index contributed by atoms with van der Waals surface area (Å²) in [5.74, 6) is 0. The van der Waals surface area contributed by atoms with E-state index in [1.54, 1.807) is 0 Å². The lowest BCUT2D eigenvalue weighted by molar-refractivity contribution is -0.301. The Morgan fingerprint density at radius 3 is 2.13 bits per heavy atom. The molecule has 0 aromatic heterocycles. The van der Waals surface area contributed by atoms with Gasteiger partial charge in [0.15, 0.2) is 6.29 Å². The standard InChI is InChI=1S/C13H27N3O7/c1-3(17)11-10(21)8(19)6(16)13(22-11)23-12-5(15)2-4(14)7(18)9(12)20/h3-13,17-21H,2,14-16H2,1H3/t3?,4-,5?,6?,7?,8-,9-,10+,11?,12-,13-/m1/s1. The van der Waals surface area contributed by atoms with E-state index in [9.17, 15) is 25.5 Å². The van der Waals surface area contributed by atoms with E-state index in [0.717, 1.165) is 0 Å². The molecule has 0 bridgehead atoms. The van der Waals surface area contributed by atoms with Gasteiger partial charge in [-0.3, -0.25) is 0 Å². The number of aliphatic hydroxyl groups is 5. The lowest BCUT2D eigenvalue weighted by Gasteiger charge is -2.46. The Bertz CT molecular complexity index is 402. The third kappa shape index (κ3) is 3.66. The van der Waals surface area contributed by atoms with Crippen LogP contribution in [0.1, 0.15) is 13.3 Å². The van der Waals surface area contributed by atoms with E-state index in [4.69, 9.17) is 26.7 Å². The Labute approximate surface area is 133 Å². The van der Waals surface area contributed by atoms with Crippen molar-refractivity contribution in [1.29, 1.82) is 0 Å². The van der Waals surface area contributed by atoms with Gasteiger partial charge in [0.2, 0.25) is 0 Å². The molecule has 1 saturated heterocycles. The van der Waals surface area contributed by atoms with E-state index in [2.05, 4.69) is 0 Å². The summed E-state index contributed by atoms with van der Waals surface area (Å²) in [4.78, 5) is 0. The zero-order valence-corrected chi connectivity index (χ0v) is 12.8. The van der Waals surface area contributed by atoms with Crippen molar-refractivity contribution in [3.63, 3.8) is 0 Å². The highest BCUT2D eigenvalue weighted by Crippen LogP contribution is 2.28. The first-order valence-corrected chi connectivity index (χ1v) is 7.63.